The summed E-state index contributed by atoms with van der Waals surface area (Å²) in [7, 11) is 0. The Kier molecular flexibility index (Phi) is 5.98. The van der Waals surface area contributed by atoms with Crippen LogP contribution in [0.5, 0.6) is 0 Å². The van der Waals surface area contributed by atoms with E-state index in [2.05, 4.69) is 42.3 Å². The van der Waals surface area contributed by atoms with Gasteiger partial charge in [-0.2, -0.15) is 0 Å². The van der Waals surface area contributed by atoms with Crippen molar-refractivity contribution in [2.75, 3.05) is 13.1 Å². The van der Waals surface area contributed by atoms with E-state index in [4.69, 9.17) is 5.73 Å². The second-order valence-electron chi connectivity index (χ2n) is 6.92. The monoisotopic (exact) mass is 303 g/mol. The maximum Gasteiger partial charge on any atom is 0.236 e. The molecular formula is C18H29N3O. The molecule has 1 amide bonds. The number of nitrogens with one attached hydrogen (secondary N) is 1. The largest absolute Gasteiger partial charge is 0.351 e. The van der Waals surface area contributed by atoms with Crippen molar-refractivity contribution in [3.8, 4) is 0 Å². The van der Waals surface area contributed by atoms with Gasteiger partial charge in [0.25, 0.3) is 0 Å². The molecule has 2 rings (SSSR count). The van der Waals surface area contributed by atoms with E-state index in [-0.39, 0.29) is 5.91 Å². The molecule has 1 aromatic rings. The van der Waals surface area contributed by atoms with Crippen molar-refractivity contribution in [3.63, 3.8) is 0 Å². The van der Waals surface area contributed by atoms with E-state index in [9.17, 15) is 4.79 Å². The predicted octanol–water partition coefficient (Wildman–Crippen LogP) is 2.13. The van der Waals surface area contributed by atoms with Gasteiger partial charge >= 0.3 is 0 Å². The zero-order chi connectivity index (χ0) is 16.1. The van der Waals surface area contributed by atoms with Crippen LogP contribution in [0.4, 0.5) is 0 Å². The highest BCUT2D eigenvalue weighted by Gasteiger charge is 2.22. The van der Waals surface area contributed by atoms with Crippen molar-refractivity contribution in [1.82, 2.24) is 10.2 Å². The van der Waals surface area contributed by atoms with Gasteiger partial charge in [0.05, 0.1) is 6.04 Å². The molecule has 4 nitrogen and oxygen atoms in total. The predicted molar refractivity (Wildman–Crippen MR) is 90.2 cm³/mol. The number of hydrogen-bond donors (Lipinski definition) is 2. The van der Waals surface area contributed by atoms with E-state index < -0.39 is 6.04 Å². The van der Waals surface area contributed by atoms with Crippen LogP contribution in [-0.4, -0.2) is 29.9 Å². The minimum Gasteiger partial charge on any atom is -0.351 e. The van der Waals surface area contributed by atoms with Crippen LogP contribution in [0.1, 0.15) is 38.3 Å². The summed E-state index contributed by atoms with van der Waals surface area (Å²) in [5, 5.41) is 2.91. The molecule has 0 aliphatic carbocycles. The molecule has 1 heterocycles. The van der Waals surface area contributed by atoms with Crippen LogP contribution in [-0.2, 0) is 17.9 Å². The second kappa shape index (κ2) is 7.75. The molecule has 0 spiro atoms. The van der Waals surface area contributed by atoms with Crippen LogP contribution in [0.3, 0.4) is 0 Å². The number of piperidine rings is 1. The normalized spacial score (nSPS) is 24.0. The summed E-state index contributed by atoms with van der Waals surface area (Å²) in [4.78, 5) is 14.2. The number of amides is 1. The van der Waals surface area contributed by atoms with Gasteiger partial charge < -0.3 is 11.1 Å². The summed E-state index contributed by atoms with van der Waals surface area (Å²) in [6.07, 6.45) is 1.32. The molecule has 1 aromatic carbocycles. The third-order valence-corrected chi connectivity index (χ3v) is 4.32. The van der Waals surface area contributed by atoms with Gasteiger partial charge in [0, 0.05) is 26.2 Å². The van der Waals surface area contributed by atoms with Gasteiger partial charge in [-0.15, -0.1) is 0 Å². The fourth-order valence-corrected chi connectivity index (χ4v) is 3.39. The van der Waals surface area contributed by atoms with Gasteiger partial charge in [-0.1, -0.05) is 38.1 Å². The molecule has 4 heteroatoms. The summed E-state index contributed by atoms with van der Waals surface area (Å²) in [6, 6.07) is 7.89. The van der Waals surface area contributed by atoms with E-state index in [1.165, 1.54) is 17.5 Å². The molecule has 1 saturated heterocycles. The third kappa shape index (κ3) is 4.82. The molecule has 0 bridgehead atoms. The lowest BCUT2D eigenvalue weighted by Gasteiger charge is -2.35. The minimum atomic E-state index is -0.462. The molecule has 22 heavy (non-hydrogen) atoms. The molecule has 2 unspecified atom stereocenters. The van der Waals surface area contributed by atoms with Crippen molar-refractivity contribution < 1.29 is 4.79 Å². The maximum atomic E-state index is 11.7. The highest BCUT2D eigenvalue weighted by Crippen LogP contribution is 2.23. The van der Waals surface area contributed by atoms with Crippen LogP contribution >= 0.6 is 0 Å². The summed E-state index contributed by atoms with van der Waals surface area (Å²) in [5.41, 5.74) is 8.08. The molecule has 1 fully saturated rings. The highest BCUT2D eigenvalue weighted by molar-refractivity contribution is 5.80. The zero-order valence-corrected chi connectivity index (χ0v) is 14.0. The molecule has 0 aromatic heterocycles. The van der Waals surface area contributed by atoms with E-state index in [0.29, 0.717) is 6.54 Å². The number of likely N-dealkylation sites (tertiary alicyclic amines) is 1. The Morgan fingerprint density at radius 1 is 1.27 bits per heavy atom. The molecule has 0 saturated carbocycles. The summed E-state index contributed by atoms with van der Waals surface area (Å²) >= 11 is 0. The lowest BCUT2D eigenvalue weighted by molar-refractivity contribution is -0.122. The van der Waals surface area contributed by atoms with E-state index in [1.54, 1.807) is 6.92 Å². The Bertz CT molecular complexity index is 491. The number of nitrogens with two attached hydrogens (primary N) is 1. The highest BCUT2D eigenvalue weighted by atomic mass is 16.2. The van der Waals surface area contributed by atoms with Gasteiger partial charge in [-0.3, -0.25) is 9.69 Å². The topological polar surface area (TPSA) is 58.4 Å². The fourth-order valence-electron chi connectivity index (χ4n) is 3.39. The third-order valence-electron chi connectivity index (χ3n) is 4.32. The first-order valence-corrected chi connectivity index (χ1v) is 8.28. The van der Waals surface area contributed by atoms with Crippen LogP contribution in [0.15, 0.2) is 24.3 Å². The number of nitrogens with zero attached hydrogens (tertiary/aromatic N) is 1. The standard InChI is InChI=1S/C18H29N3O/c1-13-8-14(2)11-21(10-13)12-17-7-5-4-6-16(17)9-20-18(22)15(3)19/h4-7,13-15H,8-12,19H2,1-3H3,(H,20,22)/t13?,14?,15-/m1/s1. The first-order chi connectivity index (χ1) is 10.5. The molecule has 1 aliphatic heterocycles. The molecular weight excluding hydrogens is 274 g/mol. The van der Waals surface area contributed by atoms with Crippen LogP contribution in [0.25, 0.3) is 0 Å². The summed E-state index contributed by atoms with van der Waals surface area (Å²) in [6.45, 7) is 10.2. The van der Waals surface area contributed by atoms with Crippen molar-refractivity contribution in [2.24, 2.45) is 17.6 Å². The fraction of sp³-hybridized carbons (Fsp3) is 0.611. The number of rotatable bonds is 5. The van der Waals surface area contributed by atoms with E-state index in [1.807, 2.05) is 6.07 Å². The molecule has 3 atom stereocenters. The number of hydrogen-bond acceptors (Lipinski definition) is 3. The van der Waals surface area contributed by atoms with Crippen molar-refractivity contribution in [3.05, 3.63) is 35.4 Å². The SMILES string of the molecule is CC1CC(C)CN(Cc2ccccc2CNC(=O)[C@@H](C)N)C1. The molecule has 122 valence electrons. The number of benzene rings is 1. The number of carbonyl (C=O) groups is 1. The second-order valence-corrected chi connectivity index (χ2v) is 6.92. The van der Waals surface area contributed by atoms with Gasteiger partial charge in [0.1, 0.15) is 0 Å². The van der Waals surface area contributed by atoms with Crippen molar-refractivity contribution >= 4 is 5.91 Å². The zero-order valence-electron chi connectivity index (χ0n) is 14.0. The quantitative estimate of drug-likeness (QED) is 0.876. The molecule has 1 aliphatic rings. The van der Waals surface area contributed by atoms with Crippen LogP contribution in [0, 0.1) is 11.8 Å². The Hall–Kier alpha value is -1.39. The van der Waals surface area contributed by atoms with E-state index in [0.717, 1.165) is 31.5 Å². The first kappa shape index (κ1) is 17.0. The molecule has 3 N–H and O–H groups in total. The molecule has 0 radical (unpaired) electrons. The Labute approximate surface area is 134 Å². The van der Waals surface area contributed by atoms with Crippen molar-refractivity contribution in [2.45, 2.75) is 46.3 Å². The van der Waals surface area contributed by atoms with Gasteiger partial charge in [-0.25, -0.2) is 0 Å². The Morgan fingerprint density at radius 2 is 1.86 bits per heavy atom. The van der Waals surface area contributed by atoms with E-state index >= 15 is 0 Å². The lowest BCUT2D eigenvalue weighted by atomic mass is 9.91. The van der Waals surface area contributed by atoms with Gasteiger partial charge in [0.2, 0.25) is 5.91 Å². The average molecular weight is 303 g/mol. The van der Waals surface area contributed by atoms with Crippen LogP contribution in [0.2, 0.25) is 0 Å². The summed E-state index contributed by atoms with van der Waals surface area (Å²) < 4.78 is 0. The minimum absolute atomic E-state index is 0.102. The Morgan fingerprint density at radius 3 is 2.45 bits per heavy atom. The summed E-state index contributed by atoms with van der Waals surface area (Å²) in [5.74, 6) is 1.41. The average Bonchev–Trinajstić information content (AvgIpc) is 2.44. The Balaban J connectivity index is 2.00. The first-order valence-electron chi connectivity index (χ1n) is 8.28. The number of carbonyl (C=O) groups excluding carboxylic acids is 1. The van der Waals surface area contributed by atoms with Gasteiger partial charge in [0.15, 0.2) is 0 Å². The van der Waals surface area contributed by atoms with Gasteiger partial charge in [-0.05, 0) is 36.3 Å². The maximum absolute atomic E-state index is 11.7. The lowest BCUT2D eigenvalue weighted by Crippen LogP contribution is -2.39. The smallest absolute Gasteiger partial charge is 0.236 e. The van der Waals surface area contributed by atoms with Crippen molar-refractivity contribution in [1.29, 1.82) is 0 Å². The van der Waals surface area contributed by atoms with Crippen LogP contribution < -0.4 is 11.1 Å².